The van der Waals surface area contributed by atoms with Crippen LogP contribution < -0.4 is 10.6 Å². The molecule has 26 heavy (non-hydrogen) atoms. The molecule has 4 rings (SSSR count). The number of aromatic nitrogens is 4. The van der Waals surface area contributed by atoms with Gasteiger partial charge in [-0.1, -0.05) is 13.8 Å². The van der Waals surface area contributed by atoms with Gasteiger partial charge in [0.2, 0.25) is 5.95 Å². The van der Waals surface area contributed by atoms with Crippen molar-refractivity contribution < 1.29 is 0 Å². The molecule has 2 saturated heterocycles. The van der Waals surface area contributed by atoms with Crippen molar-refractivity contribution in [3.05, 3.63) is 6.33 Å². The van der Waals surface area contributed by atoms with Crippen LogP contribution in [0.3, 0.4) is 0 Å². The van der Waals surface area contributed by atoms with Crippen LogP contribution in [0.5, 0.6) is 0 Å². The normalized spacial score (nSPS) is 21.1. The van der Waals surface area contributed by atoms with Gasteiger partial charge in [-0.15, -0.1) is 0 Å². The fourth-order valence-corrected chi connectivity index (χ4v) is 4.35. The number of aromatic amines is 1. The van der Waals surface area contributed by atoms with Gasteiger partial charge in [0.15, 0.2) is 11.5 Å². The Labute approximate surface area is 154 Å². The van der Waals surface area contributed by atoms with E-state index in [2.05, 4.69) is 48.5 Å². The summed E-state index contributed by atoms with van der Waals surface area (Å²) in [7, 11) is 0. The monoisotopic (exact) mass is 358 g/mol. The molecule has 0 aromatic carbocycles. The first-order chi connectivity index (χ1) is 12.6. The Kier molecular flexibility index (Phi) is 4.95. The molecule has 3 N–H and O–H groups in total. The molecular formula is C18H30N8. The Morgan fingerprint density at radius 3 is 2.54 bits per heavy atom. The highest BCUT2D eigenvalue weighted by Crippen LogP contribution is 2.25. The first-order valence-corrected chi connectivity index (χ1v) is 9.78. The minimum atomic E-state index is 0.291. The van der Waals surface area contributed by atoms with Crippen LogP contribution in [0.25, 0.3) is 11.2 Å². The minimum absolute atomic E-state index is 0.291. The molecule has 4 heterocycles. The maximum absolute atomic E-state index is 5.86. The van der Waals surface area contributed by atoms with Gasteiger partial charge in [0, 0.05) is 38.8 Å². The van der Waals surface area contributed by atoms with Gasteiger partial charge in [-0.3, -0.25) is 4.90 Å². The van der Waals surface area contributed by atoms with Gasteiger partial charge >= 0.3 is 0 Å². The molecule has 0 radical (unpaired) electrons. The Balaban J connectivity index is 1.35. The summed E-state index contributed by atoms with van der Waals surface area (Å²) in [5.41, 5.74) is 7.39. The maximum Gasteiger partial charge on any atom is 0.224 e. The van der Waals surface area contributed by atoms with Crippen molar-refractivity contribution in [3.63, 3.8) is 0 Å². The first-order valence-electron chi connectivity index (χ1n) is 9.78. The second kappa shape index (κ2) is 7.36. The molecule has 0 bridgehead atoms. The molecule has 0 amide bonds. The van der Waals surface area contributed by atoms with Crippen molar-refractivity contribution in [2.75, 3.05) is 56.4 Å². The highest BCUT2D eigenvalue weighted by Gasteiger charge is 2.28. The number of likely N-dealkylation sites (tertiary alicyclic amines) is 1. The predicted molar refractivity (Wildman–Crippen MR) is 104 cm³/mol. The quantitative estimate of drug-likeness (QED) is 0.848. The zero-order valence-electron chi connectivity index (χ0n) is 15.9. The largest absolute Gasteiger partial charge is 0.368 e. The second-order valence-corrected chi connectivity index (χ2v) is 7.96. The molecule has 0 aliphatic carbocycles. The lowest BCUT2D eigenvalue weighted by molar-refractivity contribution is 0.0973. The smallest absolute Gasteiger partial charge is 0.224 e. The topological polar surface area (TPSA) is 90.2 Å². The molecule has 2 fully saturated rings. The number of nitrogens with one attached hydrogen (secondary N) is 1. The zero-order chi connectivity index (χ0) is 18.1. The average molecular weight is 358 g/mol. The van der Waals surface area contributed by atoms with Crippen LogP contribution in [0.4, 0.5) is 11.8 Å². The van der Waals surface area contributed by atoms with Gasteiger partial charge in [-0.2, -0.15) is 9.97 Å². The van der Waals surface area contributed by atoms with E-state index in [9.17, 15) is 0 Å². The number of hydrogen-bond acceptors (Lipinski definition) is 7. The predicted octanol–water partition coefficient (Wildman–Crippen LogP) is 1.18. The summed E-state index contributed by atoms with van der Waals surface area (Å²) >= 11 is 0. The first kappa shape index (κ1) is 17.5. The van der Waals surface area contributed by atoms with Crippen molar-refractivity contribution in [3.8, 4) is 0 Å². The van der Waals surface area contributed by atoms with Crippen LogP contribution in [-0.4, -0.2) is 81.6 Å². The number of nitrogen functional groups attached to an aromatic ring is 1. The molecule has 0 saturated carbocycles. The molecule has 8 heteroatoms. The van der Waals surface area contributed by atoms with Gasteiger partial charge in [-0.25, -0.2) is 4.98 Å². The number of hydrogen-bond donors (Lipinski definition) is 2. The molecule has 2 aromatic heterocycles. The Bertz CT molecular complexity index is 726. The number of fused-ring (bicyclic) bond motifs is 1. The SMILES string of the molecule is CC(C)CN1CCC(N2CCN(c3nc(N)nc4nc[nH]c34)CC2)CC1. The average Bonchev–Trinajstić information content (AvgIpc) is 3.10. The van der Waals surface area contributed by atoms with Crippen molar-refractivity contribution in [1.82, 2.24) is 29.7 Å². The molecular weight excluding hydrogens is 328 g/mol. The third-order valence-electron chi connectivity index (χ3n) is 5.59. The summed E-state index contributed by atoms with van der Waals surface area (Å²) in [6.45, 7) is 12.4. The Morgan fingerprint density at radius 2 is 1.85 bits per heavy atom. The number of nitrogens with zero attached hydrogens (tertiary/aromatic N) is 6. The van der Waals surface area contributed by atoms with Gasteiger partial charge in [0.05, 0.1) is 6.33 Å². The summed E-state index contributed by atoms with van der Waals surface area (Å²) in [4.78, 5) is 23.6. The van der Waals surface area contributed by atoms with Crippen LogP contribution in [0.1, 0.15) is 26.7 Å². The van der Waals surface area contributed by atoms with Gasteiger partial charge in [0.25, 0.3) is 0 Å². The number of imidazole rings is 1. The zero-order valence-corrected chi connectivity index (χ0v) is 15.9. The highest BCUT2D eigenvalue weighted by atomic mass is 15.3. The Morgan fingerprint density at radius 1 is 1.12 bits per heavy atom. The van der Waals surface area contributed by atoms with Crippen LogP contribution in [0.15, 0.2) is 6.33 Å². The van der Waals surface area contributed by atoms with Crippen molar-refractivity contribution in [1.29, 1.82) is 0 Å². The van der Waals surface area contributed by atoms with E-state index in [-0.39, 0.29) is 0 Å². The lowest BCUT2D eigenvalue weighted by Crippen LogP contribution is -2.53. The van der Waals surface area contributed by atoms with Crippen molar-refractivity contribution >= 4 is 22.9 Å². The number of nitrogens with two attached hydrogens (primary N) is 1. The lowest BCUT2D eigenvalue weighted by atomic mass is 10.0. The highest BCUT2D eigenvalue weighted by molar-refractivity contribution is 5.84. The molecule has 0 unspecified atom stereocenters. The number of piperazine rings is 1. The molecule has 2 aliphatic rings. The van der Waals surface area contributed by atoms with E-state index in [0.29, 0.717) is 11.6 Å². The van der Waals surface area contributed by atoms with E-state index in [1.807, 2.05) is 0 Å². The summed E-state index contributed by atoms with van der Waals surface area (Å²) < 4.78 is 0. The van der Waals surface area contributed by atoms with E-state index in [4.69, 9.17) is 5.73 Å². The van der Waals surface area contributed by atoms with Crippen LogP contribution in [0.2, 0.25) is 0 Å². The minimum Gasteiger partial charge on any atom is -0.368 e. The van der Waals surface area contributed by atoms with Crippen LogP contribution >= 0.6 is 0 Å². The van der Waals surface area contributed by atoms with E-state index in [1.54, 1.807) is 6.33 Å². The summed E-state index contributed by atoms with van der Waals surface area (Å²) in [5, 5.41) is 0. The summed E-state index contributed by atoms with van der Waals surface area (Å²) in [6, 6.07) is 0.725. The number of H-pyrrole nitrogens is 1. The molecule has 2 aliphatic heterocycles. The number of rotatable bonds is 4. The van der Waals surface area contributed by atoms with Gasteiger partial charge < -0.3 is 20.5 Å². The molecule has 2 aromatic rings. The van der Waals surface area contributed by atoms with Crippen LogP contribution in [0, 0.1) is 5.92 Å². The van der Waals surface area contributed by atoms with Crippen molar-refractivity contribution in [2.45, 2.75) is 32.7 Å². The third-order valence-corrected chi connectivity index (χ3v) is 5.59. The number of anilines is 2. The maximum atomic E-state index is 5.86. The molecule has 8 nitrogen and oxygen atoms in total. The Hall–Kier alpha value is -1.93. The number of piperidine rings is 1. The standard InChI is InChI=1S/C18H30N8/c1-13(2)11-24-5-3-14(4-6-24)25-7-9-26(10-8-25)17-15-16(21-12-20-15)22-18(19)23-17/h12-14H,3-11H2,1-2H3,(H3,19,20,21,22,23). The second-order valence-electron chi connectivity index (χ2n) is 7.96. The van der Waals surface area contributed by atoms with E-state index >= 15 is 0 Å². The van der Waals surface area contributed by atoms with E-state index in [0.717, 1.165) is 49.5 Å². The fraction of sp³-hybridized carbons (Fsp3) is 0.722. The van der Waals surface area contributed by atoms with Gasteiger partial charge in [-0.05, 0) is 31.8 Å². The van der Waals surface area contributed by atoms with E-state index in [1.165, 1.54) is 32.5 Å². The molecule has 142 valence electrons. The van der Waals surface area contributed by atoms with Crippen LogP contribution in [-0.2, 0) is 0 Å². The van der Waals surface area contributed by atoms with E-state index < -0.39 is 0 Å². The lowest BCUT2D eigenvalue weighted by Gasteiger charge is -2.43. The fourth-order valence-electron chi connectivity index (χ4n) is 4.35. The van der Waals surface area contributed by atoms with Gasteiger partial charge in [0.1, 0.15) is 5.52 Å². The summed E-state index contributed by atoms with van der Waals surface area (Å²) in [5.74, 6) is 1.94. The third kappa shape index (κ3) is 3.61. The van der Waals surface area contributed by atoms with Crippen molar-refractivity contribution in [2.24, 2.45) is 5.92 Å². The molecule has 0 spiro atoms. The molecule has 0 atom stereocenters. The summed E-state index contributed by atoms with van der Waals surface area (Å²) in [6.07, 6.45) is 4.24.